The highest BCUT2D eigenvalue weighted by atomic mass is 35.5. The smallest absolute Gasteiger partial charge is 0.239 e. The number of likely N-dealkylation sites (tertiary alicyclic amines) is 1. The quantitative estimate of drug-likeness (QED) is 0.671. The van der Waals surface area contributed by atoms with Crippen LogP contribution in [0.5, 0.6) is 0 Å². The lowest BCUT2D eigenvalue weighted by atomic mass is 9.97. The maximum absolute atomic E-state index is 12.1. The van der Waals surface area contributed by atoms with Crippen molar-refractivity contribution in [2.45, 2.75) is 26.2 Å². The molecule has 7 heteroatoms. The standard InChI is InChI=1S/C15H30N4O2.ClH/c1-4-7-17-14(20)11-18(3)15(21)12-19-8-5-13(6-9-19)10-16-2;/h13,16H,4-12H2,1-3H3,(H,17,20);1H. The molecule has 22 heavy (non-hydrogen) atoms. The summed E-state index contributed by atoms with van der Waals surface area (Å²) in [5.74, 6) is 0.660. The van der Waals surface area contributed by atoms with E-state index < -0.39 is 0 Å². The normalized spacial score (nSPS) is 16.0. The summed E-state index contributed by atoms with van der Waals surface area (Å²) < 4.78 is 0. The fourth-order valence-electron chi connectivity index (χ4n) is 2.57. The number of rotatable bonds is 8. The van der Waals surface area contributed by atoms with Gasteiger partial charge in [0.05, 0.1) is 13.1 Å². The van der Waals surface area contributed by atoms with Crippen LogP contribution in [0.3, 0.4) is 0 Å². The van der Waals surface area contributed by atoms with Crippen LogP contribution in [-0.2, 0) is 9.59 Å². The first-order valence-electron chi connectivity index (χ1n) is 7.94. The van der Waals surface area contributed by atoms with Gasteiger partial charge in [-0.2, -0.15) is 0 Å². The number of piperidine rings is 1. The monoisotopic (exact) mass is 334 g/mol. The number of likely N-dealkylation sites (N-methyl/N-ethyl adjacent to an activating group) is 1. The Labute approximate surface area is 140 Å². The van der Waals surface area contributed by atoms with Gasteiger partial charge in [-0.1, -0.05) is 6.92 Å². The number of carbonyl (C=O) groups is 2. The zero-order valence-electron chi connectivity index (χ0n) is 14.1. The third-order valence-electron chi connectivity index (χ3n) is 3.94. The third kappa shape index (κ3) is 7.96. The second-order valence-corrected chi connectivity index (χ2v) is 5.88. The number of hydrogen-bond acceptors (Lipinski definition) is 4. The van der Waals surface area contributed by atoms with E-state index in [2.05, 4.69) is 15.5 Å². The topological polar surface area (TPSA) is 64.7 Å². The first-order valence-corrected chi connectivity index (χ1v) is 7.94. The summed E-state index contributed by atoms with van der Waals surface area (Å²) in [5.41, 5.74) is 0. The van der Waals surface area contributed by atoms with Gasteiger partial charge in [-0.05, 0) is 51.9 Å². The molecule has 0 aromatic rings. The molecule has 1 saturated heterocycles. The Hall–Kier alpha value is -0.850. The Balaban J connectivity index is 0.00000441. The number of hydrogen-bond donors (Lipinski definition) is 2. The lowest BCUT2D eigenvalue weighted by Crippen LogP contribution is -2.45. The van der Waals surface area contributed by atoms with Crippen LogP contribution in [0.1, 0.15) is 26.2 Å². The predicted molar refractivity (Wildman–Crippen MR) is 91.3 cm³/mol. The molecule has 0 saturated carbocycles. The Morgan fingerprint density at radius 1 is 1.27 bits per heavy atom. The number of nitrogens with one attached hydrogen (secondary N) is 2. The minimum absolute atomic E-state index is 0. The maximum Gasteiger partial charge on any atom is 0.239 e. The Kier molecular flexibility index (Phi) is 11.2. The molecule has 1 fully saturated rings. The minimum atomic E-state index is -0.0829. The average Bonchev–Trinajstić information content (AvgIpc) is 2.47. The maximum atomic E-state index is 12.1. The molecule has 130 valence electrons. The number of amides is 2. The van der Waals surface area contributed by atoms with Crippen molar-refractivity contribution < 1.29 is 9.59 Å². The number of halogens is 1. The summed E-state index contributed by atoms with van der Waals surface area (Å²) in [5, 5.41) is 6.00. The molecule has 0 aliphatic carbocycles. The minimum Gasteiger partial charge on any atom is -0.355 e. The van der Waals surface area contributed by atoms with E-state index in [0.717, 1.165) is 44.8 Å². The molecule has 0 aromatic heterocycles. The van der Waals surface area contributed by atoms with Crippen LogP contribution in [0.4, 0.5) is 0 Å². The largest absolute Gasteiger partial charge is 0.355 e. The van der Waals surface area contributed by atoms with Gasteiger partial charge in [0, 0.05) is 13.6 Å². The van der Waals surface area contributed by atoms with Crippen molar-refractivity contribution in [2.24, 2.45) is 5.92 Å². The van der Waals surface area contributed by atoms with Crippen LogP contribution >= 0.6 is 12.4 Å². The van der Waals surface area contributed by atoms with E-state index in [1.807, 2.05) is 14.0 Å². The van der Waals surface area contributed by atoms with Gasteiger partial charge in [0.1, 0.15) is 0 Å². The van der Waals surface area contributed by atoms with Gasteiger partial charge >= 0.3 is 0 Å². The van der Waals surface area contributed by atoms with E-state index >= 15 is 0 Å². The van der Waals surface area contributed by atoms with Crippen molar-refractivity contribution in [2.75, 3.05) is 53.4 Å². The van der Waals surface area contributed by atoms with Crippen LogP contribution < -0.4 is 10.6 Å². The molecule has 0 bridgehead atoms. The van der Waals surface area contributed by atoms with Crippen molar-refractivity contribution >= 4 is 24.2 Å². The highest BCUT2D eigenvalue weighted by Crippen LogP contribution is 2.15. The molecule has 0 spiro atoms. The molecule has 0 radical (unpaired) electrons. The van der Waals surface area contributed by atoms with E-state index in [-0.39, 0.29) is 30.8 Å². The van der Waals surface area contributed by atoms with Crippen LogP contribution in [-0.4, -0.2) is 75.0 Å². The Morgan fingerprint density at radius 3 is 2.45 bits per heavy atom. The van der Waals surface area contributed by atoms with Gasteiger partial charge in [-0.25, -0.2) is 0 Å². The summed E-state index contributed by atoms with van der Waals surface area (Å²) in [6.07, 6.45) is 3.18. The van der Waals surface area contributed by atoms with Crippen LogP contribution in [0.15, 0.2) is 0 Å². The van der Waals surface area contributed by atoms with Gasteiger partial charge in [0.15, 0.2) is 0 Å². The first kappa shape index (κ1) is 21.1. The molecule has 0 atom stereocenters. The van der Waals surface area contributed by atoms with Crippen molar-refractivity contribution in [1.82, 2.24) is 20.4 Å². The van der Waals surface area contributed by atoms with E-state index in [1.165, 1.54) is 4.90 Å². The molecule has 0 unspecified atom stereocenters. The summed E-state index contributed by atoms with van der Waals surface area (Å²) >= 11 is 0. The third-order valence-corrected chi connectivity index (χ3v) is 3.94. The van der Waals surface area contributed by atoms with Gasteiger partial charge in [0.25, 0.3) is 0 Å². The van der Waals surface area contributed by atoms with E-state index in [1.54, 1.807) is 7.05 Å². The van der Waals surface area contributed by atoms with E-state index in [0.29, 0.717) is 13.1 Å². The molecule has 2 N–H and O–H groups in total. The van der Waals surface area contributed by atoms with Crippen molar-refractivity contribution in [3.8, 4) is 0 Å². The summed E-state index contributed by atoms with van der Waals surface area (Å²) in [6, 6.07) is 0. The molecule has 1 aliphatic rings. The summed E-state index contributed by atoms with van der Waals surface area (Å²) in [4.78, 5) is 27.4. The number of carbonyl (C=O) groups excluding carboxylic acids is 2. The van der Waals surface area contributed by atoms with Crippen LogP contribution in [0.2, 0.25) is 0 Å². The molecule has 1 heterocycles. The fraction of sp³-hybridized carbons (Fsp3) is 0.867. The second kappa shape index (κ2) is 11.7. The molecule has 1 rings (SSSR count). The van der Waals surface area contributed by atoms with E-state index in [4.69, 9.17) is 0 Å². The van der Waals surface area contributed by atoms with Crippen LogP contribution in [0.25, 0.3) is 0 Å². The Morgan fingerprint density at radius 2 is 1.91 bits per heavy atom. The van der Waals surface area contributed by atoms with Crippen molar-refractivity contribution in [1.29, 1.82) is 0 Å². The molecule has 1 aliphatic heterocycles. The molecule has 0 aromatic carbocycles. The predicted octanol–water partition coefficient (Wildman–Crippen LogP) is 0.324. The molecule has 2 amide bonds. The zero-order chi connectivity index (χ0) is 15.7. The first-order chi connectivity index (χ1) is 10.1. The SMILES string of the molecule is CCCNC(=O)CN(C)C(=O)CN1CCC(CNC)CC1.Cl. The number of nitrogens with zero attached hydrogens (tertiary/aromatic N) is 2. The molecular weight excluding hydrogens is 304 g/mol. The van der Waals surface area contributed by atoms with E-state index in [9.17, 15) is 9.59 Å². The summed E-state index contributed by atoms with van der Waals surface area (Å²) in [7, 11) is 3.68. The van der Waals surface area contributed by atoms with Gasteiger partial charge in [-0.3, -0.25) is 14.5 Å². The average molecular weight is 335 g/mol. The second-order valence-electron chi connectivity index (χ2n) is 5.88. The highest BCUT2D eigenvalue weighted by molar-refractivity contribution is 5.85. The fourth-order valence-corrected chi connectivity index (χ4v) is 2.57. The van der Waals surface area contributed by atoms with Gasteiger partial charge in [-0.15, -0.1) is 12.4 Å². The lowest BCUT2D eigenvalue weighted by Gasteiger charge is -2.32. The summed E-state index contributed by atoms with van der Waals surface area (Å²) in [6.45, 7) is 6.23. The van der Waals surface area contributed by atoms with Crippen molar-refractivity contribution in [3.63, 3.8) is 0 Å². The highest BCUT2D eigenvalue weighted by Gasteiger charge is 2.22. The molecular formula is C15H31ClN4O2. The zero-order valence-corrected chi connectivity index (χ0v) is 14.9. The van der Waals surface area contributed by atoms with Gasteiger partial charge in [0.2, 0.25) is 11.8 Å². The van der Waals surface area contributed by atoms with Crippen molar-refractivity contribution in [3.05, 3.63) is 0 Å². The van der Waals surface area contributed by atoms with Crippen LogP contribution in [0, 0.1) is 5.92 Å². The van der Waals surface area contributed by atoms with Gasteiger partial charge < -0.3 is 15.5 Å². The molecule has 6 nitrogen and oxygen atoms in total. The lowest BCUT2D eigenvalue weighted by molar-refractivity contribution is -0.135. The Bertz CT molecular complexity index is 334.